The van der Waals surface area contributed by atoms with Crippen molar-refractivity contribution in [3.63, 3.8) is 0 Å². The lowest BCUT2D eigenvalue weighted by atomic mass is 10.1. The van der Waals surface area contributed by atoms with Crippen molar-refractivity contribution >= 4 is 22.9 Å². The van der Waals surface area contributed by atoms with E-state index in [2.05, 4.69) is 12.2 Å². The third-order valence-electron chi connectivity index (χ3n) is 5.76. The summed E-state index contributed by atoms with van der Waals surface area (Å²) in [6.45, 7) is 3.26. The van der Waals surface area contributed by atoms with Crippen molar-refractivity contribution in [3.05, 3.63) is 77.9 Å². The summed E-state index contributed by atoms with van der Waals surface area (Å²) < 4.78 is 23.1. The Balaban J connectivity index is 1.23. The first-order valence-corrected chi connectivity index (χ1v) is 13.3. The van der Waals surface area contributed by atoms with Crippen LogP contribution in [0.1, 0.15) is 42.6 Å². The molecule has 0 aromatic heterocycles. The molecule has 0 saturated carbocycles. The smallest absolute Gasteiger partial charge is 0.286 e. The molecule has 4 rings (SSSR count). The summed E-state index contributed by atoms with van der Waals surface area (Å²) >= 11 is 0.991. The van der Waals surface area contributed by atoms with E-state index in [0.29, 0.717) is 19.0 Å². The van der Waals surface area contributed by atoms with Gasteiger partial charge in [0.15, 0.2) is 0 Å². The molecule has 0 aliphatic carbocycles. The van der Waals surface area contributed by atoms with E-state index in [1.54, 1.807) is 7.11 Å². The number of thioether (sulfide) groups is 1. The lowest BCUT2D eigenvalue weighted by molar-refractivity contribution is -0.119. The topological polar surface area (TPSA) is 83.1 Å². The van der Waals surface area contributed by atoms with Gasteiger partial charge < -0.3 is 18.9 Å². The van der Waals surface area contributed by atoms with E-state index in [1.807, 2.05) is 66.7 Å². The number of ether oxygens (including phenoxy) is 4. The number of benzene rings is 3. The number of unbranched alkanes of at least 4 members (excludes halogenated alkanes) is 1. The lowest BCUT2D eigenvalue weighted by Gasteiger charge is -2.14. The SMILES string of the molecule is CCCc1cc(Oc2ccc(OC)cc2)ccc1OCCCCOc1cccc(C2SC(=O)NC2=O)c1. The molecule has 0 bridgehead atoms. The van der Waals surface area contributed by atoms with Crippen molar-refractivity contribution in [2.45, 2.75) is 37.9 Å². The minimum Gasteiger partial charge on any atom is -0.497 e. The van der Waals surface area contributed by atoms with Crippen LogP contribution in [0.2, 0.25) is 0 Å². The Labute approximate surface area is 221 Å². The third-order valence-corrected chi connectivity index (χ3v) is 6.80. The molecular formula is C29H31NO6S. The van der Waals surface area contributed by atoms with E-state index in [4.69, 9.17) is 18.9 Å². The van der Waals surface area contributed by atoms with Gasteiger partial charge in [-0.3, -0.25) is 14.9 Å². The number of hydrogen-bond acceptors (Lipinski definition) is 7. The van der Waals surface area contributed by atoms with Crippen LogP contribution in [-0.4, -0.2) is 31.5 Å². The van der Waals surface area contributed by atoms with Gasteiger partial charge in [-0.25, -0.2) is 0 Å². The van der Waals surface area contributed by atoms with E-state index in [0.717, 1.165) is 71.6 Å². The monoisotopic (exact) mass is 521 g/mol. The summed E-state index contributed by atoms with van der Waals surface area (Å²) in [7, 11) is 1.64. The van der Waals surface area contributed by atoms with Gasteiger partial charge >= 0.3 is 0 Å². The second-order valence-electron chi connectivity index (χ2n) is 8.55. The highest BCUT2D eigenvalue weighted by atomic mass is 32.2. The average molecular weight is 522 g/mol. The highest BCUT2D eigenvalue weighted by molar-refractivity contribution is 8.15. The highest BCUT2D eigenvalue weighted by Crippen LogP contribution is 2.35. The van der Waals surface area contributed by atoms with Gasteiger partial charge in [-0.05, 0) is 96.7 Å². The van der Waals surface area contributed by atoms with Crippen LogP contribution < -0.4 is 24.3 Å². The average Bonchev–Trinajstić information content (AvgIpc) is 3.25. The molecule has 1 aliphatic heterocycles. The van der Waals surface area contributed by atoms with Gasteiger partial charge in [-0.15, -0.1) is 0 Å². The van der Waals surface area contributed by atoms with Crippen molar-refractivity contribution < 1.29 is 28.5 Å². The Morgan fingerprint density at radius 1 is 0.838 bits per heavy atom. The molecule has 1 heterocycles. The fourth-order valence-electron chi connectivity index (χ4n) is 3.92. The second kappa shape index (κ2) is 13.1. The largest absolute Gasteiger partial charge is 0.497 e. The van der Waals surface area contributed by atoms with E-state index in [-0.39, 0.29) is 11.1 Å². The van der Waals surface area contributed by atoms with Crippen molar-refractivity contribution in [1.29, 1.82) is 0 Å². The molecule has 3 aromatic rings. The number of aryl methyl sites for hydroxylation is 1. The Morgan fingerprint density at radius 2 is 1.57 bits per heavy atom. The Kier molecular flexibility index (Phi) is 9.32. The third kappa shape index (κ3) is 7.43. The molecule has 7 nitrogen and oxygen atoms in total. The number of amides is 2. The molecule has 1 saturated heterocycles. The minimum absolute atomic E-state index is 0.285. The van der Waals surface area contributed by atoms with Gasteiger partial charge in [-0.2, -0.15) is 0 Å². The molecule has 3 aromatic carbocycles. The number of carbonyl (C=O) groups is 2. The standard InChI is InChI=1S/C29H31NO6S/c1-3-7-20-18-25(36-23-12-10-22(33-2)11-13-23)14-15-26(20)35-17-5-4-16-34-24-9-6-8-21(19-24)27-28(31)30-29(32)37-27/h6,8-15,18-19,27H,3-5,7,16-17H2,1-2H3,(H,30,31,32). The fraction of sp³-hybridized carbons (Fsp3) is 0.310. The maximum absolute atomic E-state index is 11.9. The van der Waals surface area contributed by atoms with Crippen LogP contribution in [0.5, 0.6) is 28.7 Å². The number of imide groups is 1. The van der Waals surface area contributed by atoms with Crippen LogP contribution in [0.4, 0.5) is 4.79 Å². The molecule has 8 heteroatoms. The molecule has 1 N–H and O–H groups in total. The van der Waals surface area contributed by atoms with Crippen LogP contribution in [0.25, 0.3) is 0 Å². The van der Waals surface area contributed by atoms with E-state index in [1.165, 1.54) is 0 Å². The van der Waals surface area contributed by atoms with Gasteiger partial charge in [0.2, 0.25) is 5.91 Å². The van der Waals surface area contributed by atoms with E-state index < -0.39 is 5.25 Å². The first-order chi connectivity index (χ1) is 18.1. The molecule has 37 heavy (non-hydrogen) atoms. The van der Waals surface area contributed by atoms with Crippen LogP contribution in [0.3, 0.4) is 0 Å². The Morgan fingerprint density at radius 3 is 2.27 bits per heavy atom. The second-order valence-corrected chi connectivity index (χ2v) is 9.63. The van der Waals surface area contributed by atoms with Crippen LogP contribution in [0, 0.1) is 0 Å². The van der Waals surface area contributed by atoms with E-state index >= 15 is 0 Å². The summed E-state index contributed by atoms with van der Waals surface area (Å²) in [6.07, 6.45) is 3.57. The molecule has 1 aliphatic rings. The minimum atomic E-state index is -0.519. The molecule has 1 fully saturated rings. The van der Waals surface area contributed by atoms with Gasteiger partial charge in [0, 0.05) is 0 Å². The van der Waals surface area contributed by atoms with Crippen molar-refractivity contribution in [2.24, 2.45) is 0 Å². The number of rotatable bonds is 13. The number of carbonyl (C=O) groups excluding carboxylic acids is 2. The van der Waals surface area contributed by atoms with Crippen molar-refractivity contribution in [2.75, 3.05) is 20.3 Å². The molecule has 1 unspecified atom stereocenters. The summed E-state index contributed by atoms with van der Waals surface area (Å²) in [5.74, 6) is 3.59. The van der Waals surface area contributed by atoms with Gasteiger partial charge in [0.1, 0.15) is 34.0 Å². The molecular weight excluding hydrogens is 490 g/mol. The maximum Gasteiger partial charge on any atom is 0.286 e. The zero-order valence-electron chi connectivity index (χ0n) is 21.0. The summed E-state index contributed by atoms with van der Waals surface area (Å²) in [5.41, 5.74) is 1.88. The van der Waals surface area contributed by atoms with Crippen molar-refractivity contribution in [1.82, 2.24) is 5.32 Å². The normalized spacial score (nSPS) is 14.8. The Bertz CT molecular complexity index is 1210. The highest BCUT2D eigenvalue weighted by Gasteiger charge is 2.33. The quantitative estimate of drug-likeness (QED) is 0.251. The number of hydrogen-bond donors (Lipinski definition) is 1. The van der Waals surface area contributed by atoms with Gasteiger partial charge in [0.05, 0.1) is 20.3 Å². The molecule has 0 spiro atoms. The number of methoxy groups -OCH3 is 1. The molecule has 194 valence electrons. The lowest BCUT2D eigenvalue weighted by Crippen LogP contribution is -2.20. The van der Waals surface area contributed by atoms with Crippen molar-refractivity contribution in [3.8, 4) is 28.7 Å². The first kappa shape index (κ1) is 26.4. The fourth-order valence-corrected chi connectivity index (χ4v) is 4.75. The summed E-state index contributed by atoms with van der Waals surface area (Å²) in [4.78, 5) is 23.4. The zero-order valence-corrected chi connectivity index (χ0v) is 21.8. The Hall–Kier alpha value is -3.65. The predicted octanol–water partition coefficient (Wildman–Crippen LogP) is 6.70. The van der Waals surface area contributed by atoms with Crippen LogP contribution in [0.15, 0.2) is 66.7 Å². The molecule has 1 atom stereocenters. The number of nitrogens with one attached hydrogen (secondary N) is 1. The predicted molar refractivity (Wildman–Crippen MR) is 144 cm³/mol. The zero-order chi connectivity index (χ0) is 26.0. The van der Waals surface area contributed by atoms with E-state index in [9.17, 15) is 9.59 Å². The first-order valence-electron chi connectivity index (χ1n) is 12.4. The summed E-state index contributed by atoms with van der Waals surface area (Å²) in [5, 5.41) is 1.48. The summed E-state index contributed by atoms with van der Waals surface area (Å²) in [6, 6.07) is 20.8. The van der Waals surface area contributed by atoms with Gasteiger partial charge in [-0.1, -0.05) is 25.5 Å². The van der Waals surface area contributed by atoms with Crippen LogP contribution in [-0.2, 0) is 11.2 Å². The van der Waals surface area contributed by atoms with Gasteiger partial charge in [0.25, 0.3) is 5.24 Å². The van der Waals surface area contributed by atoms with Crippen LogP contribution >= 0.6 is 11.8 Å². The molecule has 2 amide bonds. The molecule has 0 radical (unpaired) electrons. The maximum atomic E-state index is 11.9.